The van der Waals surface area contributed by atoms with Crippen molar-refractivity contribution in [2.75, 3.05) is 0 Å². The number of rotatable bonds is 2. The SMILES string of the molecule is [CH2]CCc1nc(Cl)nc2ccccc12. The molecule has 0 atom stereocenters. The van der Waals surface area contributed by atoms with Gasteiger partial charge in [-0.3, -0.25) is 0 Å². The van der Waals surface area contributed by atoms with E-state index < -0.39 is 0 Å². The summed E-state index contributed by atoms with van der Waals surface area (Å²) in [4.78, 5) is 8.36. The van der Waals surface area contributed by atoms with E-state index in [0.29, 0.717) is 5.28 Å². The fourth-order valence-electron chi connectivity index (χ4n) is 1.47. The number of fused-ring (bicyclic) bond motifs is 1. The molecule has 1 radical (unpaired) electrons. The highest BCUT2D eigenvalue weighted by Crippen LogP contribution is 2.18. The van der Waals surface area contributed by atoms with E-state index in [0.717, 1.165) is 29.4 Å². The molecule has 0 spiro atoms. The zero-order chi connectivity index (χ0) is 9.97. The van der Waals surface area contributed by atoms with E-state index in [-0.39, 0.29) is 0 Å². The zero-order valence-electron chi connectivity index (χ0n) is 7.70. The van der Waals surface area contributed by atoms with Crippen LogP contribution in [0.3, 0.4) is 0 Å². The molecule has 0 unspecified atom stereocenters. The Kier molecular flexibility index (Phi) is 2.64. The Morgan fingerprint density at radius 2 is 2.00 bits per heavy atom. The number of halogens is 1. The van der Waals surface area contributed by atoms with Crippen LogP contribution in [0.2, 0.25) is 5.28 Å². The van der Waals surface area contributed by atoms with Crippen LogP contribution in [0, 0.1) is 6.92 Å². The summed E-state index contributed by atoms with van der Waals surface area (Å²) in [5.41, 5.74) is 1.88. The molecule has 0 aliphatic carbocycles. The predicted molar refractivity (Wildman–Crippen MR) is 58.2 cm³/mol. The fourth-order valence-corrected chi connectivity index (χ4v) is 1.66. The van der Waals surface area contributed by atoms with Crippen molar-refractivity contribution >= 4 is 22.5 Å². The molecule has 0 aliphatic heterocycles. The first-order valence-corrected chi connectivity index (χ1v) is 4.89. The number of aromatic nitrogens is 2. The first-order chi connectivity index (χ1) is 6.81. The Morgan fingerprint density at radius 1 is 1.21 bits per heavy atom. The molecule has 0 aliphatic rings. The second-order valence-corrected chi connectivity index (χ2v) is 3.40. The van der Waals surface area contributed by atoms with Crippen molar-refractivity contribution in [1.82, 2.24) is 9.97 Å². The summed E-state index contributed by atoms with van der Waals surface area (Å²) in [5, 5.41) is 1.38. The van der Waals surface area contributed by atoms with Gasteiger partial charge in [-0.2, -0.15) is 0 Å². The van der Waals surface area contributed by atoms with E-state index in [2.05, 4.69) is 16.9 Å². The van der Waals surface area contributed by atoms with Gasteiger partial charge >= 0.3 is 0 Å². The highest BCUT2D eigenvalue weighted by molar-refractivity contribution is 6.28. The molecular weight excluding hydrogens is 196 g/mol. The maximum absolute atomic E-state index is 5.82. The monoisotopic (exact) mass is 205 g/mol. The van der Waals surface area contributed by atoms with Gasteiger partial charge in [0.2, 0.25) is 5.28 Å². The Labute approximate surface area is 88.0 Å². The van der Waals surface area contributed by atoms with Crippen molar-refractivity contribution in [2.24, 2.45) is 0 Å². The van der Waals surface area contributed by atoms with Gasteiger partial charge in [-0.25, -0.2) is 9.97 Å². The van der Waals surface area contributed by atoms with Gasteiger partial charge in [0, 0.05) is 5.39 Å². The van der Waals surface area contributed by atoms with Crippen molar-refractivity contribution in [2.45, 2.75) is 12.8 Å². The number of aryl methyl sites for hydroxylation is 1. The lowest BCUT2D eigenvalue weighted by Gasteiger charge is -2.03. The molecule has 0 fully saturated rings. The minimum atomic E-state index is 0.312. The molecular formula is C11H10ClN2. The molecule has 0 N–H and O–H groups in total. The third kappa shape index (κ3) is 1.70. The highest BCUT2D eigenvalue weighted by Gasteiger charge is 2.04. The first-order valence-electron chi connectivity index (χ1n) is 4.51. The molecule has 0 saturated carbocycles. The van der Waals surface area contributed by atoms with Crippen LogP contribution < -0.4 is 0 Å². The summed E-state index contributed by atoms with van der Waals surface area (Å²) >= 11 is 5.82. The molecule has 2 rings (SSSR count). The average Bonchev–Trinajstić information content (AvgIpc) is 2.18. The second-order valence-electron chi connectivity index (χ2n) is 3.06. The van der Waals surface area contributed by atoms with Crippen molar-refractivity contribution in [3.8, 4) is 0 Å². The van der Waals surface area contributed by atoms with E-state index in [1.807, 2.05) is 24.3 Å². The summed E-state index contributed by atoms with van der Waals surface area (Å²) in [5.74, 6) is 0. The molecule has 0 bridgehead atoms. The molecule has 2 aromatic rings. The standard InChI is InChI=1S/C11H10ClN2/c1-2-5-9-8-6-3-4-7-10(8)14-11(12)13-9/h3-4,6-7H,1-2,5H2. The molecule has 3 heteroatoms. The molecule has 2 nitrogen and oxygen atoms in total. The smallest absolute Gasteiger partial charge is 0.222 e. The number of hydrogen-bond donors (Lipinski definition) is 0. The molecule has 1 aromatic carbocycles. The van der Waals surface area contributed by atoms with Gasteiger partial charge in [0.15, 0.2) is 0 Å². The molecule has 14 heavy (non-hydrogen) atoms. The maximum atomic E-state index is 5.82. The van der Waals surface area contributed by atoms with Crippen LogP contribution >= 0.6 is 11.6 Å². The minimum Gasteiger partial charge on any atom is -0.222 e. The van der Waals surface area contributed by atoms with E-state index in [4.69, 9.17) is 11.6 Å². The Balaban J connectivity index is 2.67. The van der Waals surface area contributed by atoms with Gasteiger partial charge < -0.3 is 0 Å². The summed E-state index contributed by atoms with van der Waals surface area (Å²) in [6.07, 6.45) is 1.65. The number of hydrogen-bond acceptors (Lipinski definition) is 2. The fraction of sp³-hybridized carbons (Fsp3) is 0.182. The predicted octanol–water partition coefficient (Wildman–Crippen LogP) is 3.05. The van der Waals surface area contributed by atoms with Crippen LogP contribution in [-0.4, -0.2) is 9.97 Å². The number of nitrogens with zero attached hydrogens (tertiary/aromatic N) is 2. The Morgan fingerprint density at radius 3 is 2.79 bits per heavy atom. The van der Waals surface area contributed by atoms with Crippen LogP contribution in [0.25, 0.3) is 10.9 Å². The molecule has 71 valence electrons. The second kappa shape index (κ2) is 3.93. The van der Waals surface area contributed by atoms with Crippen molar-refractivity contribution in [3.05, 3.63) is 42.2 Å². The van der Waals surface area contributed by atoms with Gasteiger partial charge in [0.05, 0.1) is 11.2 Å². The third-order valence-electron chi connectivity index (χ3n) is 2.07. The van der Waals surface area contributed by atoms with Gasteiger partial charge in [-0.15, -0.1) is 0 Å². The highest BCUT2D eigenvalue weighted by atomic mass is 35.5. The van der Waals surface area contributed by atoms with Gasteiger partial charge in [-0.1, -0.05) is 25.1 Å². The van der Waals surface area contributed by atoms with Crippen molar-refractivity contribution < 1.29 is 0 Å². The van der Waals surface area contributed by atoms with Gasteiger partial charge in [0.1, 0.15) is 0 Å². The van der Waals surface area contributed by atoms with Gasteiger partial charge in [0.25, 0.3) is 0 Å². The molecule has 0 saturated heterocycles. The topological polar surface area (TPSA) is 25.8 Å². The number of para-hydroxylation sites is 1. The van der Waals surface area contributed by atoms with E-state index in [1.54, 1.807) is 0 Å². The largest absolute Gasteiger partial charge is 0.223 e. The number of benzene rings is 1. The normalized spacial score (nSPS) is 10.7. The quantitative estimate of drug-likeness (QED) is 0.705. The Hall–Kier alpha value is -1.15. The average molecular weight is 206 g/mol. The first kappa shape index (κ1) is 9.41. The van der Waals surface area contributed by atoms with Crippen molar-refractivity contribution in [1.29, 1.82) is 0 Å². The summed E-state index contributed by atoms with van der Waals surface area (Å²) in [6.45, 7) is 3.81. The van der Waals surface area contributed by atoms with Crippen LogP contribution in [0.5, 0.6) is 0 Å². The lowest BCUT2D eigenvalue weighted by Crippen LogP contribution is -1.94. The minimum absolute atomic E-state index is 0.312. The molecule has 1 aromatic heterocycles. The van der Waals surface area contributed by atoms with Crippen molar-refractivity contribution in [3.63, 3.8) is 0 Å². The molecule has 0 amide bonds. The summed E-state index contributed by atoms with van der Waals surface area (Å²) in [6, 6.07) is 7.87. The summed E-state index contributed by atoms with van der Waals surface area (Å²) in [7, 11) is 0. The van der Waals surface area contributed by atoms with E-state index in [1.165, 1.54) is 0 Å². The van der Waals surface area contributed by atoms with Crippen LogP contribution in [0.1, 0.15) is 12.1 Å². The lowest BCUT2D eigenvalue weighted by molar-refractivity contribution is 0.945. The zero-order valence-corrected chi connectivity index (χ0v) is 8.46. The van der Waals surface area contributed by atoms with E-state index >= 15 is 0 Å². The van der Waals surface area contributed by atoms with E-state index in [9.17, 15) is 0 Å². The Bertz CT molecular complexity index is 454. The third-order valence-corrected chi connectivity index (χ3v) is 2.24. The molecule has 1 heterocycles. The van der Waals surface area contributed by atoms with Crippen LogP contribution in [0.4, 0.5) is 0 Å². The van der Waals surface area contributed by atoms with Crippen LogP contribution in [0.15, 0.2) is 24.3 Å². The van der Waals surface area contributed by atoms with Gasteiger partial charge in [-0.05, 0) is 30.5 Å². The lowest BCUT2D eigenvalue weighted by atomic mass is 10.1. The van der Waals surface area contributed by atoms with Crippen LogP contribution in [-0.2, 0) is 6.42 Å². The maximum Gasteiger partial charge on any atom is 0.223 e. The summed E-state index contributed by atoms with van der Waals surface area (Å²) < 4.78 is 0.